The van der Waals surface area contributed by atoms with Gasteiger partial charge in [-0.3, -0.25) is 0 Å². The Labute approximate surface area is 347 Å². The van der Waals surface area contributed by atoms with Gasteiger partial charge in [0.05, 0.1) is 11.1 Å². The van der Waals surface area contributed by atoms with Crippen molar-refractivity contribution in [2.75, 3.05) is 4.90 Å². The molecule has 8 aromatic carbocycles. The maximum Gasteiger partial charge on any atom is 0.137 e. The van der Waals surface area contributed by atoms with Crippen LogP contribution in [0.3, 0.4) is 0 Å². The molecule has 0 bridgehead atoms. The molecule has 0 saturated heterocycles. The molecule has 0 aliphatic rings. The SMILES string of the molecule is C=CC/C=C\C(=C/C)c1c(-c2ccc3oc4ccccc4c3c2N(c2ccc(-c3ccccc3)cc2)c2ccc3c(c2)oc2ccccc23)ccc2oc3ccccc3c12. The molecule has 0 saturated carbocycles. The first kappa shape index (κ1) is 35.4. The van der Waals surface area contributed by atoms with Gasteiger partial charge in [0.1, 0.15) is 33.5 Å². The van der Waals surface area contributed by atoms with E-state index in [4.69, 9.17) is 13.3 Å². The third kappa shape index (κ3) is 5.76. The lowest BCUT2D eigenvalue weighted by Crippen LogP contribution is -2.12. The molecule has 4 heteroatoms. The summed E-state index contributed by atoms with van der Waals surface area (Å²) in [5.74, 6) is 0. The lowest BCUT2D eigenvalue weighted by Gasteiger charge is -2.29. The molecule has 0 N–H and O–H groups in total. The van der Waals surface area contributed by atoms with Crippen molar-refractivity contribution in [1.29, 1.82) is 0 Å². The summed E-state index contributed by atoms with van der Waals surface area (Å²) in [7, 11) is 0. The van der Waals surface area contributed by atoms with Crippen molar-refractivity contribution in [3.63, 3.8) is 0 Å². The molecule has 0 aliphatic carbocycles. The molecule has 0 aliphatic heterocycles. The quantitative estimate of drug-likeness (QED) is 0.108. The van der Waals surface area contributed by atoms with Gasteiger partial charge in [-0.05, 0) is 102 Å². The average molecular weight is 774 g/mol. The van der Waals surface area contributed by atoms with Crippen molar-refractivity contribution in [2.24, 2.45) is 0 Å². The molecule has 0 spiro atoms. The molecular weight excluding hydrogens is 735 g/mol. The average Bonchev–Trinajstić information content (AvgIpc) is 4.00. The molecular formula is C56H39NO3. The van der Waals surface area contributed by atoms with Crippen molar-refractivity contribution < 1.29 is 13.3 Å². The number of hydrogen-bond acceptors (Lipinski definition) is 4. The largest absolute Gasteiger partial charge is 0.456 e. The second kappa shape index (κ2) is 14.5. The van der Waals surface area contributed by atoms with Crippen LogP contribution in [-0.2, 0) is 0 Å². The maximum atomic E-state index is 6.68. The van der Waals surface area contributed by atoms with Crippen LogP contribution in [0.15, 0.2) is 214 Å². The first-order chi connectivity index (χ1) is 29.7. The zero-order valence-electron chi connectivity index (χ0n) is 33.1. The normalized spacial score (nSPS) is 12.2. The third-order valence-electron chi connectivity index (χ3n) is 11.6. The Kier molecular flexibility index (Phi) is 8.56. The Morgan fingerprint density at radius 2 is 1.05 bits per heavy atom. The van der Waals surface area contributed by atoms with Gasteiger partial charge in [-0.2, -0.15) is 0 Å². The molecule has 0 fully saturated rings. The van der Waals surface area contributed by atoms with Crippen LogP contribution in [0, 0.1) is 0 Å². The monoisotopic (exact) mass is 773 g/mol. The van der Waals surface area contributed by atoms with E-state index in [-0.39, 0.29) is 0 Å². The zero-order chi connectivity index (χ0) is 40.2. The summed E-state index contributed by atoms with van der Waals surface area (Å²) < 4.78 is 19.8. The summed E-state index contributed by atoms with van der Waals surface area (Å²) in [6.45, 7) is 6.09. The lowest BCUT2D eigenvalue weighted by molar-refractivity contribution is 0.668. The van der Waals surface area contributed by atoms with Gasteiger partial charge in [0.2, 0.25) is 0 Å². The van der Waals surface area contributed by atoms with E-state index in [1.807, 2.05) is 36.4 Å². The minimum atomic E-state index is 0.754. The smallest absolute Gasteiger partial charge is 0.137 e. The number of furan rings is 3. The molecule has 0 amide bonds. The summed E-state index contributed by atoms with van der Waals surface area (Å²) in [5, 5.41) is 6.37. The zero-order valence-corrected chi connectivity index (χ0v) is 33.1. The van der Waals surface area contributed by atoms with Crippen LogP contribution >= 0.6 is 0 Å². The molecule has 286 valence electrons. The van der Waals surface area contributed by atoms with E-state index in [0.717, 1.165) is 123 Å². The van der Waals surface area contributed by atoms with E-state index in [1.165, 1.54) is 0 Å². The van der Waals surface area contributed by atoms with Gasteiger partial charge in [-0.25, -0.2) is 0 Å². The number of allylic oxidation sites excluding steroid dienone is 5. The van der Waals surface area contributed by atoms with Crippen molar-refractivity contribution in [3.8, 4) is 22.3 Å². The third-order valence-corrected chi connectivity index (χ3v) is 11.6. The second-order valence-electron chi connectivity index (χ2n) is 15.1. The fraction of sp³-hybridized carbons (Fsp3) is 0.0357. The van der Waals surface area contributed by atoms with E-state index in [0.29, 0.717) is 0 Å². The van der Waals surface area contributed by atoms with Crippen molar-refractivity contribution in [3.05, 3.63) is 206 Å². The van der Waals surface area contributed by atoms with Crippen LogP contribution in [0.2, 0.25) is 0 Å². The van der Waals surface area contributed by atoms with E-state index in [9.17, 15) is 0 Å². The first-order valence-corrected chi connectivity index (χ1v) is 20.4. The van der Waals surface area contributed by atoms with Gasteiger partial charge in [0.25, 0.3) is 0 Å². The van der Waals surface area contributed by atoms with Crippen LogP contribution in [0.4, 0.5) is 17.1 Å². The number of nitrogens with zero attached hydrogens (tertiary/aromatic N) is 1. The first-order valence-electron chi connectivity index (χ1n) is 20.4. The Balaban J connectivity index is 1.26. The highest BCUT2D eigenvalue weighted by molar-refractivity contribution is 6.20. The van der Waals surface area contributed by atoms with Gasteiger partial charge in [0.15, 0.2) is 0 Å². The minimum absolute atomic E-state index is 0.754. The number of benzene rings is 8. The van der Waals surface area contributed by atoms with Crippen molar-refractivity contribution >= 4 is 88.5 Å². The van der Waals surface area contributed by atoms with E-state index >= 15 is 0 Å². The van der Waals surface area contributed by atoms with E-state index in [2.05, 4.69) is 176 Å². The van der Waals surface area contributed by atoms with Gasteiger partial charge in [-0.1, -0.05) is 121 Å². The van der Waals surface area contributed by atoms with Gasteiger partial charge >= 0.3 is 0 Å². The van der Waals surface area contributed by atoms with Gasteiger partial charge < -0.3 is 18.2 Å². The Morgan fingerprint density at radius 3 is 1.75 bits per heavy atom. The molecule has 0 atom stereocenters. The molecule has 0 radical (unpaired) electrons. The molecule has 11 rings (SSSR count). The summed E-state index contributed by atoms with van der Waals surface area (Å²) >= 11 is 0. The Hall–Kier alpha value is -7.82. The van der Waals surface area contributed by atoms with Crippen LogP contribution in [0.1, 0.15) is 18.9 Å². The predicted molar refractivity (Wildman–Crippen MR) is 251 cm³/mol. The topological polar surface area (TPSA) is 42.7 Å². The Morgan fingerprint density at radius 1 is 0.500 bits per heavy atom. The summed E-state index contributed by atoms with van der Waals surface area (Å²) in [5.41, 5.74) is 14.6. The predicted octanol–water partition coefficient (Wildman–Crippen LogP) is 16.7. The fourth-order valence-electron chi connectivity index (χ4n) is 8.90. The van der Waals surface area contributed by atoms with Crippen LogP contribution in [-0.4, -0.2) is 0 Å². The number of anilines is 3. The van der Waals surface area contributed by atoms with Crippen molar-refractivity contribution in [2.45, 2.75) is 13.3 Å². The molecule has 3 aromatic heterocycles. The molecule has 4 nitrogen and oxygen atoms in total. The standard InChI is InChI=1S/C56H39NO3/c1-3-5-7-16-36(4-2)53-43(31-33-50-54(53)45-20-11-14-23-48(45)58-50)44-32-34-51-55(46-21-12-15-24-49(46)59-51)56(44)57(39-27-25-38(26-28-39)37-17-8-6-9-18-37)40-29-30-42-41-19-10-13-22-47(41)60-52(42)35-40/h3-4,6-35H,1,5H2,2H3/b16-7-,36-4+. The summed E-state index contributed by atoms with van der Waals surface area (Å²) in [4.78, 5) is 2.38. The highest BCUT2D eigenvalue weighted by Crippen LogP contribution is 2.51. The molecule has 60 heavy (non-hydrogen) atoms. The highest BCUT2D eigenvalue weighted by atomic mass is 16.3. The minimum Gasteiger partial charge on any atom is -0.456 e. The summed E-state index contributed by atoms with van der Waals surface area (Å²) in [6, 6.07) is 59.5. The van der Waals surface area contributed by atoms with Crippen LogP contribution in [0.25, 0.3) is 93.6 Å². The van der Waals surface area contributed by atoms with Gasteiger partial charge in [-0.15, -0.1) is 6.58 Å². The van der Waals surface area contributed by atoms with E-state index < -0.39 is 0 Å². The molecule has 3 heterocycles. The Bertz CT molecular complexity index is 3490. The van der Waals surface area contributed by atoms with Crippen molar-refractivity contribution in [1.82, 2.24) is 0 Å². The molecule has 0 unspecified atom stereocenters. The number of para-hydroxylation sites is 3. The summed E-state index contributed by atoms with van der Waals surface area (Å²) in [6.07, 6.45) is 9.26. The maximum absolute atomic E-state index is 6.68. The lowest BCUT2D eigenvalue weighted by atomic mass is 9.88. The fourth-order valence-corrected chi connectivity index (χ4v) is 8.90. The second-order valence-corrected chi connectivity index (χ2v) is 15.1. The number of rotatable bonds is 9. The number of hydrogen-bond donors (Lipinski definition) is 0. The van der Waals surface area contributed by atoms with Crippen LogP contribution < -0.4 is 4.90 Å². The van der Waals surface area contributed by atoms with E-state index in [1.54, 1.807) is 0 Å². The highest BCUT2D eigenvalue weighted by Gasteiger charge is 2.27. The molecule has 11 aromatic rings. The van der Waals surface area contributed by atoms with Crippen LogP contribution in [0.5, 0.6) is 0 Å². The van der Waals surface area contributed by atoms with Gasteiger partial charge in [0, 0.05) is 55.5 Å². The number of fused-ring (bicyclic) bond motifs is 9.